The van der Waals surface area contributed by atoms with Crippen LogP contribution < -0.4 is 0 Å². The standard InChI is InChI=1S/C12H7Cl2FO3S2/c13-11-5-9(12(14)19-11)10(16)6-20(17,18)8-3-1-2-7(15)4-8/h1-5H,6H2. The summed E-state index contributed by atoms with van der Waals surface area (Å²) >= 11 is 12.5. The Morgan fingerprint density at radius 3 is 2.50 bits per heavy atom. The lowest BCUT2D eigenvalue weighted by molar-refractivity contribution is 0.102. The fraction of sp³-hybridized carbons (Fsp3) is 0.0833. The number of sulfone groups is 1. The first-order valence-corrected chi connectivity index (χ1v) is 8.48. The van der Waals surface area contributed by atoms with Gasteiger partial charge in [0.15, 0.2) is 15.6 Å². The van der Waals surface area contributed by atoms with E-state index in [2.05, 4.69) is 0 Å². The highest BCUT2D eigenvalue weighted by atomic mass is 35.5. The molecule has 0 amide bonds. The minimum Gasteiger partial charge on any atom is -0.293 e. The van der Waals surface area contributed by atoms with E-state index in [0.717, 1.165) is 23.5 Å². The lowest BCUT2D eigenvalue weighted by atomic mass is 10.2. The highest BCUT2D eigenvalue weighted by Crippen LogP contribution is 2.31. The molecule has 3 nitrogen and oxygen atoms in total. The van der Waals surface area contributed by atoms with Gasteiger partial charge in [0.05, 0.1) is 9.23 Å². The van der Waals surface area contributed by atoms with Crippen LogP contribution in [0.1, 0.15) is 10.4 Å². The Morgan fingerprint density at radius 2 is 1.95 bits per heavy atom. The van der Waals surface area contributed by atoms with Crippen molar-refractivity contribution in [2.24, 2.45) is 0 Å². The molecule has 0 aliphatic carbocycles. The molecule has 8 heteroatoms. The van der Waals surface area contributed by atoms with Crippen LogP contribution in [0.25, 0.3) is 0 Å². The maximum Gasteiger partial charge on any atom is 0.185 e. The molecule has 1 heterocycles. The minimum absolute atomic E-state index is 0.0571. The van der Waals surface area contributed by atoms with Gasteiger partial charge in [-0.25, -0.2) is 12.8 Å². The fourth-order valence-electron chi connectivity index (χ4n) is 1.52. The normalized spacial score (nSPS) is 11.6. The van der Waals surface area contributed by atoms with Gasteiger partial charge in [-0.15, -0.1) is 11.3 Å². The quantitative estimate of drug-likeness (QED) is 0.785. The van der Waals surface area contributed by atoms with Crippen LogP contribution in [0.4, 0.5) is 4.39 Å². The molecule has 0 unspecified atom stereocenters. The van der Waals surface area contributed by atoms with Crippen LogP contribution in [-0.4, -0.2) is 20.0 Å². The van der Waals surface area contributed by atoms with Crippen molar-refractivity contribution in [3.8, 4) is 0 Å². The predicted molar refractivity (Wildman–Crippen MR) is 77.1 cm³/mol. The summed E-state index contributed by atoms with van der Waals surface area (Å²) in [5, 5.41) is 0. The van der Waals surface area contributed by atoms with Crippen molar-refractivity contribution in [3.05, 3.63) is 50.4 Å². The molecule has 0 aliphatic heterocycles. The van der Waals surface area contributed by atoms with Crippen molar-refractivity contribution in [1.29, 1.82) is 0 Å². The van der Waals surface area contributed by atoms with Gasteiger partial charge in [0.25, 0.3) is 0 Å². The van der Waals surface area contributed by atoms with E-state index in [1.807, 2.05) is 0 Å². The summed E-state index contributed by atoms with van der Waals surface area (Å²) in [6, 6.07) is 5.80. The second-order valence-corrected chi connectivity index (χ2v) is 8.15. The molecule has 1 aromatic carbocycles. The molecule has 0 radical (unpaired) electrons. The molecule has 20 heavy (non-hydrogen) atoms. The van der Waals surface area contributed by atoms with Crippen LogP contribution >= 0.6 is 34.5 Å². The SMILES string of the molecule is O=C(CS(=O)(=O)c1cccc(F)c1)c1cc(Cl)sc1Cl. The number of rotatable bonds is 4. The molecule has 2 rings (SSSR count). The Labute approximate surface area is 128 Å². The van der Waals surface area contributed by atoms with Gasteiger partial charge in [-0.05, 0) is 24.3 Å². The monoisotopic (exact) mass is 352 g/mol. The summed E-state index contributed by atoms with van der Waals surface area (Å²) in [6.45, 7) is 0. The average Bonchev–Trinajstić information content (AvgIpc) is 2.68. The molecular weight excluding hydrogens is 346 g/mol. The van der Waals surface area contributed by atoms with Gasteiger partial charge in [-0.2, -0.15) is 0 Å². The number of ketones is 1. The number of carbonyl (C=O) groups excluding carboxylic acids is 1. The smallest absolute Gasteiger partial charge is 0.185 e. The van der Waals surface area contributed by atoms with E-state index in [0.29, 0.717) is 4.34 Å². The van der Waals surface area contributed by atoms with Crippen LogP contribution in [0.2, 0.25) is 8.67 Å². The number of carbonyl (C=O) groups is 1. The molecule has 0 aliphatic rings. The summed E-state index contributed by atoms with van der Waals surface area (Å²) in [5.41, 5.74) is 0.0571. The third-order valence-electron chi connectivity index (χ3n) is 2.43. The van der Waals surface area contributed by atoms with E-state index < -0.39 is 27.2 Å². The zero-order valence-electron chi connectivity index (χ0n) is 9.77. The number of benzene rings is 1. The van der Waals surface area contributed by atoms with E-state index in [-0.39, 0.29) is 14.8 Å². The van der Waals surface area contributed by atoms with Gasteiger partial charge in [-0.3, -0.25) is 4.79 Å². The Hall–Kier alpha value is -0.950. The first-order valence-electron chi connectivity index (χ1n) is 5.26. The Morgan fingerprint density at radius 1 is 1.25 bits per heavy atom. The van der Waals surface area contributed by atoms with E-state index in [9.17, 15) is 17.6 Å². The fourth-order valence-corrected chi connectivity index (χ4v) is 4.27. The minimum atomic E-state index is -3.92. The van der Waals surface area contributed by atoms with E-state index >= 15 is 0 Å². The van der Waals surface area contributed by atoms with Crippen molar-refractivity contribution < 1.29 is 17.6 Å². The second kappa shape index (κ2) is 5.81. The number of hydrogen-bond acceptors (Lipinski definition) is 4. The van der Waals surface area contributed by atoms with E-state index in [4.69, 9.17) is 23.2 Å². The number of thiophene rings is 1. The Kier molecular flexibility index (Phi) is 4.49. The zero-order valence-corrected chi connectivity index (χ0v) is 12.9. The molecule has 106 valence electrons. The van der Waals surface area contributed by atoms with Gasteiger partial charge >= 0.3 is 0 Å². The largest absolute Gasteiger partial charge is 0.293 e. The predicted octanol–water partition coefficient (Wildman–Crippen LogP) is 3.85. The molecule has 1 aromatic heterocycles. The van der Waals surface area contributed by atoms with Crippen LogP contribution in [0.5, 0.6) is 0 Å². The van der Waals surface area contributed by atoms with Crippen molar-refractivity contribution in [2.45, 2.75) is 4.90 Å². The molecular formula is C12H7Cl2FO3S2. The molecule has 0 fully saturated rings. The van der Waals surface area contributed by atoms with Crippen LogP contribution in [0.3, 0.4) is 0 Å². The second-order valence-electron chi connectivity index (χ2n) is 3.88. The summed E-state index contributed by atoms with van der Waals surface area (Å²) in [5.74, 6) is -2.15. The van der Waals surface area contributed by atoms with Gasteiger partial charge in [-0.1, -0.05) is 29.3 Å². The lowest BCUT2D eigenvalue weighted by Crippen LogP contribution is -2.16. The highest BCUT2D eigenvalue weighted by Gasteiger charge is 2.23. The van der Waals surface area contributed by atoms with Crippen molar-refractivity contribution in [1.82, 2.24) is 0 Å². The molecule has 0 saturated carbocycles. The summed E-state index contributed by atoms with van der Waals surface area (Å²) in [7, 11) is -3.92. The molecule has 2 aromatic rings. The number of Topliss-reactive ketones (excluding diaryl/α,β-unsaturated/α-hetero) is 1. The topological polar surface area (TPSA) is 51.2 Å². The molecule has 0 spiro atoms. The maximum atomic E-state index is 13.0. The Bertz CT molecular complexity index is 769. The van der Waals surface area contributed by atoms with Gasteiger partial charge in [0.1, 0.15) is 15.9 Å². The number of hydrogen-bond donors (Lipinski definition) is 0. The van der Waals surface area contributed by atoms with E-state index in [1.165, 1.54) is 18.2 Å². The number of halogens is 3. The zero-order chi connectivity index (χ0) is 14.9. The molecule has 0 N–H and O–H groups in total. The summed E-state index contributed by atoms with van der Waals surface area (Å²) < 4.78 is 37.5. The van der Waals surface area contributed by atoms with E-state index in [1.54, 1.807) is 0 Å². The third-order valence-corrected chi connectivity index (χ3v) is 5.54. The van der Waals surface area contributed by atoms with Crippen LogP contribution in [-0.2, 0) is 9.84 Å². The summed E-state index contributed by atoms with van der Waals surface area (Å²) in [6.07, 6.45) is 0. The Balaban J connectivity index is 2.29. The van der Waals surface area contributed by atoms with Gasteiger partial charge in [0.2, 0.25) is 0 Å². The third kappa shape index (κ3) is 3.38. The van der Waals surface area contributed by atoms with Crippen molar-refractivity contribution in [3.63, 3.8) is 0 Å². The van der Waals surface area contributed by atoms with Crippen molar-refractivity contribution in [2.75, 3.05) is 5.75 Å². The van der Waals surface area contributed by atoms with Gasteiger partial charge < -0.3 is 0 Å². The molecule has 0 atom stereocenters. The average molecular weight is 353 g/mol. The molecule has 0 saturated heterocycles. The van der Waals surface area contributed by atoms with Crippen LogP contribution in [0.15, 0.2) is 35.2 Å². The van der Waals surface area contributed by atoms with Crippen molar-refractivity contribution >= 4 is 50.2 Å². The first-order chi connectivity index (χ1) is 9.29. The summed E-state index contributed by atoms with van der Waals surface area (Å²) in [4.78, 5) is 11.7. The first kappa shape index (κ1) is 15.4. The maximum absolute atomic E-state index is 13.0. The van der Waals surface area contributed by atoms with Crippen LogP contribution in [0, 0.1) is 5.82 Å². The molecule has 0 bridgehead atoms. The highest BCUT2D eigenvalue weighted by molar-refractivity contribution is 7.92. The van der Waals surface area contributed by atoms with Gasteiger partial charge in [0, 0.05) is 5.56 Å². The lowest BCUT2D eigenvalue weighted by Gasteiger charge is -2.03.